The number of carbonyl (C=O) groups excluding carboxylic acids is 1. The lowest BCUT2D eigenvalue weighted by Gasteiger charge is -2.28. The quantitative estimate of drug-likeness (QED) is 0.626. The number of carbonyl (C=O) groups is 1. The Hall–Kier alpha value is -2.49. The average Bonchev–Trinajstić information content (AvgIpc) is 2.55. The molecule has 1 aromatic carbocycles. The molecule has 0 fully saturated rings. The summed E-state index contributed by atoms with van der Waals surface area (Å²) in [5.74, 6) is -1.02. The Morgan fingerprint density at radius 1 is 1.42 bits per heavy atom. The van der Waals surface area contributed by atoms with Crippen molar-refractivity contribution in [2.75, 3.05) is 20.3 Å². The summed E-state index contributed by atoms with van der Waals surface area (Å²) < 4.78 is 10.1. The zero-order chi connectivity index (χ0) is 17.7. The maximum atomic E-state index is 12.6. The summed E-state index contributed by atoms with van der Waals surface area (Å²) in [6.45, 7) is 2.10. The third-order valence-corrected chi connectivity index (χ3v) is 4.02. The second-order valence-electron chi connectivity index (χ2n) is 5.19. The van der Waals surface area contributed by atoms with Crippen molar-refractivity contribution in [3.8, 4) is 6.07 Å². The minimum Gasteiger partial charge on any atom is -0.460 e. The number of nitriles is 1. The van der Waals surface area contributed by atoms with E-state index in [-0.39, 0.29) is 24.6 Å². The van der Waals surface area contributed by atoms with E-state index in [9.17, 15) is 10.1 Å². The number of nitrogens with two attached hydrogens (primary N) is 1. The first-order chi connectivity index (χ1) is 11.5. The Morgan fingerprint density at radius 3 is 2.75 bits per heavy atom. The van der Waals surface area contributed by atoms with E-state index in [0.29, 0.717) is 21.9 Å². The number of halogens is 1. The van der Waals surface area contributed by atoms with E-state index in [0.717, 1.165) is 0 Å². The molecule has 0 aromatic heterocycles. The summed E-state index contributed by atoms with van der Waals surface area (Å²) in [5, 5.41) is 12.8. The second-order valence-corrected chi connectivity index (χ2v) is 5.59. The van der Waals surface area contributed by atoms with Gasteiger partial charge in [0.05, 0.1) is 29.7 Å². The molecule has 126 valence electrons. The van der Waals surface area contributed by atoms with E-state index in [2.05, 4.69) is 11.4 Å². The van der Waals surface area contributed by atoms with E-state index in [4.69, 9.17) is 26.8 Å². The van der Waals surface area contributed by atoms with Gasteiger partial charge < -0.3 is 20.5 Å². The summed E-state index contributed by atoms with van der Waals surface area (Å²) in [5.41, 5.74) is 7.63. The highest BCUT2D eigenvalue weighted by Crippen LogP contribution is 2.40. The first-order valence-electron chi connectivity index (χ1n) is 7.29. The Morgan fingerprint density at radius 2 is 2.12 bits per heavy atom. The highest BCUT2D eigenvalue weighted by Gasteiger charge is 2.35. The Kier molecular flexibility index (Phi) is 5.85. The molecule has 0 amide bonds. The summed E-state index contributed by atoms with van der Waals surface area (Å²) in [4.78, 5) is 12.6. The van der Waals surface area contributed by atoms with Crippen molar-refractivity contribution in [1.82, 2.24) is 5.32 Å². The molecular weight excluding hydrogens is 330 g/mol. The van der Waals surface area contributed by atoms with Crippen molar-refractivity contribution in [3.63, 3.8) is 0 Å². The third-order valence-electron chi connectivity index (χ3n) is 3.67. The van der Waals surface area contributed by atoms with Crippen molar-refractivity contribution in [2.24, 2.45) is 5.73 Å². The summed E-state index contributed by atoms with van der Waals surface area (Å²) in [6.07, 6.45) is 0. The predicted octanol–water partition coefficient (Wildman–Crippen LogP) is 2.18. The van der Waals surface area contributed by atoms with Crippen LogP contribution in [0, 0.1) is 11.3 Å². The van der Waals surface area contributed by atoms with Gasteiger partial charge in [-0.1, -0.05) is 29.8 Å². The number of allylic oxidation sites excluding steroid dienone is 2. The summed E-state index contributed by atoms with van der Waals surface area (Å²) in [7, 11) is 1.52. The van der Waals surface area contributed by atoms with Crippen LogP contribution in [0.25, 0.3) is 0 Å². The topological polar surface area (TPSA) is 97.4 Å². The van der Waals surface area contributed by atoms with Crippen LogP contribution in [0.2, 0.25) is 5.02 Å². The van der Waals surface area contributed by atoms with Crippen molar-refractivity contribution >= 4 is 17.6 Å². The third kappa shape index (κ3) is 3.53. The van der Waals surface area contributed by atoms with Gasteiger partial charge in [0, 0.05) is 17.8 Å². The van der Waals surface area contributed by atoms with Crippen LogP contribution in [0.15, 0.2) is 46.9 Å². The molecule has 1 aliphatic rings. The van der Waals surface area contributed by atoms with Gasteiger partial charge >= 0.3 is 5.97 Å². The van der Waals surface area contributed by atoms with Crippen molar-refractivity contribution in [2.45, 2.75) is 12.8 Å². The number of ether oxygens (including phenoxy) is 2. The fourth-order valence-electron chi connectivity index (χ4n) is 2.56. The van der Waals surface area contributed by atoms with Gasteiger partial charge in [0.1, 0.15) is 12.4 Å². The normalized spacial score (nSPS) is 17.3. The van der Waals surface area contributed by atoms with Gasteiger partial charge in [0.25, 0.3) is 0 Å². The number of dihydropyridines is 1. The Bertz CT molecular complexity index is 750. The van der Waals surface area contributed by atoms with E-state index < -0.39 is 11.9 Å². The molecule has 1 aliphatic heterocycles. The summed E-state index contributed by atoms with van der Waals surface area (Å²) in [6, 6.07) is 9.10. The molecule has 6 nitrogen and oxygen atoms in total. The van der Waals surface area contributed by atoms with E-state index in [1.54, 1.807) is 31.2 Å². The van der Waals surface area contributed by atoms with Gasteiger partial charge in [-0.2, -0.15) is 5.26 Å². The molecule has 1 heterocycles. The fraction of sp³-hybridized carbons (Fsp3) is 0.294. The van der Waals surface area contributed by atoms with Crippen LogP contribution < -0.4 is 11.1 Å². The number of nitrogens with zero attached hydrogens (tertiary/aromatic N) is 1. The monoisotopic (exact) mass is 347 g/mol. The first kappa shape index (κ1) is 17.9. The molecule has 0 aliphatic carbocycles. The maximum Gasteiger partial charge on any atom is 0.336 e. The smallest absolute Gasteiger partial charge is 0.336 e. The van der Waals surface area contributed by atoms with Gasteiger partial charge in [-0.15, -0.1) is 0 Å². The number of hydrogen-bond acceptors (Lipinski definition) is 6. The van der Waals surface area contributed by atoms with Crippen LogP contribution in [-0.2, 0) is 14.3 Å². The second kappa shape index (κ2) is 7.86. The van der Waals surface area contributed by atoms with Crippen molar-refractivity contribution in [3.05, 3.63) is 57.5 Å². The van der Waals surface area contributed by atoms with Crippen LogP contribution >= 0.6 is 11.6 Å². The first-order valence-corrected chi connectivity index (χ1v) is 7.67. The number of methoxy groups -OCH3 is 1. The van der Waals surface area contributed by atoms with Crippen LogP contribution in [0.3, 0.4) is 0 Å². The lowest BCUT2D eigenvalue weighted by atomic mass is 9.82. The number of nitrogens with one attached hydrogen (secondary N) is 1. The minimum absolute atomic E-state index is 0.114. The van der Waals surface area contributed by atoms with Gasteiger partial charge in [0.15, 0.2) is 0 Å². The predicted molar refractivity (Wildman–Crippen MR) is 89.7 cm³/mol. The largest absolute Gasteiger partial charge is 0.460 e. The molecule has 0 saturated heterocycles. The van der Waals surface area contributed by atoms with Crippen LogP contribution in [-0.4, -0.2) is 26.3 Å². The van der Waals surface area contributed by atoms with Gasteiger partial charge in [-0.3, -0.25) is 0 Å². The van der Waals surface area contributed by atoms with Crippen LogP contribution in [0.5, 0.6) is 0 Å². The lowest BCUT2D eigenvalue weighted by Crippen LogP contribution is -2.33. The fourth-order valence-corrected chi connectivity index (χ4v) is 2.81. The molecule has 7 heteroatoms. The Labute approximate surface area is 145 Å². The van der Waals surface area contributed by atoms with Crippen LogP contribution in [0.4, 0.5) is 0 Å². The molecule has 0 spiro atoms. The molecule has 0 saturated carbocycles. The molecular formula is C17H18ClN3O3. The van der Waals surface area contributed by atoms with E-state index in [1.807, 2.05) is 0 Å². The van der Waals surface area contributed by atoms with Crippen molar-refractivity contribution in [1.29, 1.82) is 5.26 Å². The zero-order valence-electron chi connectivity index (χ0n) is 13.4. The molecule has 1 atom stereocenters. The van der Waals surface area contributed by atoms with Gasteiger partial charge in [-0.05, 0) is 18.6 Å². The highest BCUT2D eigenvalue weighted by molar-refractivity contribution is 6.31. The van der Waals surface area contributed by atoms with Gasteiger partial charge in [0.2, 0.25) is 0 Å². The average molecular weight is 348 g/mol. The molecule has 3 N–H and O–H groups in total. The SMILES string of the molecule is COCCOC(=O)C1=C(C)NC(N)=C(C#N)C1c1ccccc1Cl. The number of benzene rings is 1. The van der Waals surface area contributed by atoms with E-state index >= 15 is 0 Å². The van der Waals surface area contributed by atoms with Gasteiger partial charge in [-0.25, -0.2) is 4.79 Å². The standard InChI is InChI=1S/C17H18ClN3O3/c1-10-14(17(22)24-8-7-23-2)15(12(9-19)16(20)21-10)11-5-3-4-6-13(11)18/h3-6,15,21H,7-8,20H2,1-2H3. The lowest BCUT2D eigenvalue weighted by molar-refractivity contribution is -0.140. The van der Waals surface area contributed by atoms with Crippen LogP contribution in [0.1, 0.15) is 18.4 Å². The molecule has 1 aromatic rings. The molecule has 24 heavy (non-hydrogen) atoms. The summed E-state index contributed by atoms with van der Waals surface area (Å²) >= 11 is 6.28. The van der Waals surface area contributed by atoms with Crippen molar-refractivity contribution < 1.29 is 14.3 Å². The molecule has 0 radical (unpaired) electrons. The Balaban J connectivity index is 2.50. The number of hydrogen-bond donors (Lipinski definition) is 2. The number of esters is 1. The molecule has 0 bridgehead atoms. The zero-order valence-corrected chi connectivity index (χ0v) is 14.2. The molecule has 2 rings (SSSR count). The minimum atomic E-state index is -0.681. The number of rotatable bonds is 5. The molecule has 1 unspecified atom stereocenters. The maximum absolute atomic E-state index is 12.6. The van der Waals surface area contributed by atoms with E-state index in [1.165, 1.54) is 7.11 Å². The highest BCUT2D eigenvalue weighted by atomic mass is 35.5.